The maximum absolute atomic E-state index is 12.2. The van der Waals surface area contributed by atoms with Gasteiger partial charge in [-0.15, -0.1) is 0 Å². The van der Waals surface area contributed by atoms with Gasteiger partial charge in [-0.25, -0.2) is 0 Å². The molecular weight excluding hydrogens is 266 g/mol. The monoisotopic (exact) mass is 291 g/mol. The highest BCUT2D eigenvalue weighted by Crippen LogP contribution is 2.23. The second-order valence-electron chi connectivity index (χ2n) is 5.66. The number of likely N-dealkylation sites (N-methyl/N-ethyl adjacent to an activating group) is 1. The number of primary amides is 1. The topological polar surface area (TPSA) is 67.6 Å². The van der Waals surface area contributed by atoms with Gasteiger partial charge < -0.3 is 15.8 Å². The Balaban J connectivity index is 2.26. The molecule has 5 nitrogen and oxygen atoms in total. The van der Waals surface area contributed by atoms with Gasteiger partial charge in [0, 0.05) is 26.2 Å². The Morgan fingerprint density at radius 3 is 2.81 bits per heavy atom. The van der Waals surface area contributed by atoms with Crippen LogP contribution in [0, 0.1) is 0 Å². The Bertz CT molecular complexity index is 466. The number of benzene rings is 1. The maximum Gasteiger partial charge on any atom is 0.243 e. The number of ether oxygens (including phenoxy) is 1. The number of carbonyl (C=O) groups excluding carboxylic acids is 1. The van der Waals surface area contributed by atoms with Crippen molar-refractivity contribution in [1.82, 2.24) is 10.2 Å². The third-order valence-corrected chi connectivity index (χ3v) is 4.11. The summed E-state index contributed by atoms with van der Waals surface area (Å²) in [4.78, 5) is 14.5. The van der Waals surface area contributed by atoms with Crippen LogP contribution in [0.4, 0.5) is 0 Å². The molecule has 1 aliphatic rings. The first kappa shape index (κ1) is 15.9. The predicted octanol–water partition coefficient (Wildman–Crippen LogP) is 0.697. The van der Waals surface area contributed by atoms with Crippen molar-refractivity contribution < 1.29 is 9.53 Å². The number of hydrogen-bond donors (Lipinski definition) is 2. The molecule has 21 heavy (non-hydrogen) atoms. The first-order valence-corrected chi connectivity index (χ1v) is 7.47. The van der Waals surface area contributed by atoms with Gasteiger partial charge in [-0.1, -0.05) is 30.3 Å². The standard InChI is InChI=1S/C16H25N3O2/c1-13-11-19(9-6-10-21-13)12-16(18-2,15(17)20)14-7-4-3-5-8-14/h3-5,7-8,13,18H,6,9-12H2,1-2H3,(H2,17,20). The highest BCUT2D eigenvalue weighted by atomic mass is 16.5. The van der Waals surface area contributed by atoms with E-state index in [1.807, 2.05) is 30.3 Å². The van der Waals surface area contributed by atoms with Gasteiger partial charge in [0.25, 0.3) is 0 Å². The lowest BCUT2D eigenvalue weighted by Gasteiger charge is -2.36. The van der Waals surface area contributed by atoms with E-state index in [4.69, 9.17) is 10.5 Å². The van der Waals surface area contributed by atoms with E-state index in [9.17, 15) is 4.79 Å². The number of hydrogen-bond acceptors (Lipinski definition) is 4. The number of amides is 1. The lowest BCUT2D eigenvalue weighted by molar-refractivity contribution is -0.125. The van der Waals surface area contributed by atoms with Crippen LogP contribution in [0.5, 0.6) is 0 Å². The van der Waals surface area contributed by atoms with E-state index in [-0.39, 0.29) is 12.0 Å². The Hall–Kier alpha value is -1.43. The molecule has 0 radical (unpaired) electrons. The fourth-order valence-corrected chi connectivity index (χ4v) is 2.94. The van der Waals surface area contributed by atoms with Crippen LogP contribution in [0.2, 0.25) is 0 Å². The third-order valence-electron chi connectivity index (χ3n) is 4.11. The number of carbonyl (C=O) groups is 1. The Kier molecular flexibility index (Phi) is 5.33. The van der Waals surface area contributed by atoms with Crippen LogP contribution >= 0.6 is 0 Å². The molecule has 2 atom stereocenters. The van der Waals surface area contributed by atoms with E-state index in [2.05, 4.69) is 17.1 Å². The Morgan fingerprint density at radius 2 is 2.19 bits per heavy atom. The summed E-state index contributed by atoms with van der Waals surface area (Å²) in [7, 11) is 1.79. The second kappa shape index (κ2) is 7.02. The molecule has 0 spiro atoms. The first-order valence-electron chi connectivity index (χ1n) is 7.47. The van der Waals surface area contributed by atoms with Crippen LogP contribution in [-0.4, -0.2) is 50.2 Å². The van der Waals surface area contributed by atoms with Crippen molar-refractivity contribution in [3.05, 3.63) is 35.9 Å². The molecule has 1 aliphatic heterocycles. The molecule has 1 heterocycles. The molecule has 3 N–H and O–H groups in total. The number of rotatable bonds is 5. The van der Waals surface area contributed by atoms with Gasteiger partial charge in [-0.05, 0) is 26.0 Å². The minimum atomic E-state index is -0.870. The summed E-state index contributed by atoms with van der Waals surface area (Å²) in [5.41, 5.74) is 5.78. The molecule has 1 fully saturated rings. The van der Waals surface area contributed by atoms with Gasteiger partial charge in [0.15, 0.2) is 0 Å². The molecule has 0 saturated carbocycles. The van der Waals surface area contributed by atoms with Gasteiger partial charge in [0.2, 0.25) is 5.91 Å². The summed E-state index contributed by atoms with van der Waals surface area (Å²) >= 11 is 0. The number of nitrogens with two attached hydrogens (primary N) is 1. The van der Waals surface area contributed by atoms with Crippen LogP contribution in [0.25, 0.3) is 0 Å². The molecule has 2 unspecified atom stereocenters. The predicted molar refractivity (Wildman–Crippen MR) is 82.8 cm³/mol. The zero-order valence-electron chi connectivity index (χ0n) is 12.8. The largest absolute Gasteiger partial charge is 0.377 e. The van der Waals surface area contributed by atoms with Crippen molar-refractivity contribution in [2.75, 3.05) is 33.3 Å². The maximum atomic E-state index is 12.2. The van der Waals surface area contributed by atoms with E-state index >= 15 is 0 Å². The van der Waals surface area contributed by atoms with Gasteiger partial charge in [0.05, 0.1) is 6.10 Å². The third kappa shape index (κ3) is 3.61. The van der Waals surface area contributed by atoms with Crippen molar-refractivity contribution in [2.24, 2.45) is 5.73 Å². The van der Waals surface area contributed by atoms with Crippen LogP contribution in [0.3, 0.4) is 0 Å². The van der Waals surface area contributed by atoms with Crippen molar-refractivity contribution in [2.45, 2.75) is 25.0 Å². The number of nitrogens with one attached hydrogen (secondary N) is 1. The van der Waals surface area contributed by atoms with Crippen LogP contribution < -0.4 is 11.1 Å². The van der Waals surface area contributed by atoms with Crippen molar-refractivity contribution >= 4 is 5.91 Å². The summed E-state index contributed by atoms with van der Waals surface area (Å²) in [6.07, 6.45) is 1.14. The average molecular weight is 291 g/mol. The molecule has 1 amide bonds. The zero-order chi connectivity index (χ0) is 15.3. The minimum absolute atomic E-state index is 0.172. The van der Waals surface area contributed by atoms with Crippen LogP contribution in [-0.2, 0) is 15.1 Å². The minimum Gasteiger partial charge on any atom is -0.377 e. The Labute approximate surface area is 126 Å². The van der Waals surface area contributed by atoms with Crippen molar-refractivity contribution in [3.8, 4) is 0 Å². The summed E-state index contributed by atoms with van der Waals surface area (Å²) in [6.45, 7) is 5.10. The second-order valence-corrected chi connectivity index (χ2v) is 5.66. The quantitative estimate of drug-likeness (QED) is 0.838. The lowest BCUT2D eigenvalue weighted by atomic mass is 9.88. The van der Waals surface area contributed by atoms with E-state index in [1.54, 1.807) is 7.05 Å². The lowest BCUT2D eigenvalue weighted by Crippen LogP contribution is -2.58. The summed E-state index contributed by atoms with van der Waals surface area (Å²) in [5.74, 6) is -0.353. The molecular formula is C16H25N3O2. The summed E-state index contributed by atoms with van der Waals surface area (Å²) in [6, 6.07) is 9.68. The molecule has 116 valence electrons. The molecule has 0 aliphatic carbocycles. The molecule has 1 saturated heterocycles. The van der Waals surface area contributed by atoms with Crippen LogP contribution in [0.1, 0.15) is 18.9 Å². The van der Waals surface area contributed by atoms with E-state index in [0.29, 0.717) is 6.54 Å². The number of nitrogens with zero attached hydrogens (tertiary/aromatic N) is 1. The SMILES string of the molecule is CNC(CN1CCCOC(C)C1)(C(N)=O)c1ccccc1. The molecule has 0 aromatic heterocycles. The van der Waals surface area contributed by atoms with Crippen molar-refractivity contribution in [3.63, 3.8) is 0 Å². The van der Waals surface area contributed by atoms with Gasteiger partial charge in [-0.2, -0.15) is 0 Å². The van der Waals surface area contributed by atoms with E-state index in [1.165, 1.54) is 0 Å². The van der Waals surface area contributed by atoms with E-state index in [0.717, 1.165) is 31.7 Å². The highest BCUT2D eigenvalue weighted by molar-refractivity contribution is 5.86. The Morgan fingerprint density at radius 1 is 1.48 bits per heavy atom. The molecule has 0 bridgehead atoms. The smallest absolute Gasteiger partial charge is 0.243 e. The van der Waals surface area contributed by atoms with Gasteiger partial charge in [-0.3, -0.25) is 9.69 Å². The molecule has 1 aromatic rings. The van der Waals surface area contributed by atoms with E-state index < -0.39 is 5.54 Å². The average Bonchev–Trinajstić information content (AvgIpc) is 2.69. The van der Waals surface area contributed by atoms with Gasteiger partial charge in [0.1, 0.15) is 5.54 Å². The zero-order valence-corrected chi connectivity index (χ0v) is 12.8. The summed E-state index contributed by atoms with van der Waals surface area (Å²) in [5, 5.41) is 3.16. The molecule has 2 rings (SSSR count). The normalized spacial score (nSPS) is 23.2. The van der Waals surface area contributed by atoms with Gasteiger partial charge >= 0.3 is 0 Å². The van der Waals surface area contributed by atoms with Crippen LogP contribution in [0.15, 0.2) is 30.3 Å². The first-order chi connectivity index (χ1) is 10.1. The fourth-order valence-electron chi connectivity index (χ4n) is 2.94. The summed E-state index contributed by atoms with van der Waals surface area (Å²) < 4.78 is 5.67. The molecule has 5 heteroatoms. The highest BCUT2D eigenvalue weighted by Gasteiger charge is 2.39. The fraction of sp³-hybridized carbons (Fsp3) is 0.562. The molecule has 1 aromatic carbocycles. The van der Waals surface area contributed by atoms with Crippen molar-refractivity contribution in [1.29, 1.82) is 0 Å².